The van der Waals surface area contributed by atoms with Crippen LogP contribution in [0.1, 0.15) is 16.1 Å². The van der Waals surface area contributed by atoms with Crippen LogP contribution in [0.4, 0.5) is 0 Å². The van der Waals surface area contributed by atoms with Gasteiger partial charge in [-0.15, -0.1) is 0 Å². The highest BCUT2D eigenvalue weighted by Gasteiger charge is 2.15. The molecule has 1 aromatic heterocycles. The fourth-order valence-electron chi connectivity index (χ4n) is 2.56. The maximum Gasteiger partial charge on any atom is 0.271 e. The Morgan fingerprint density at radius 3 is 2.65 bits per heavy atom. The minimum Gasteiger partial charge on any atom is -0.508 e. The predicted octanol–water partition coefficient (Wildman–Crippen LogP) is 2.38. The number of aromatic hydroxyl groups is 1. The molecule has 2 aromatic carbocycles. The number of para-hydroxylation sites is 1. The van der Waals surface area contributed by atoms with Crippen LogP contribution < -0.4 is 10.2 Å². The number of aromatic nitrogens is 1. The SMILES string of the molecule is COn1c(C(=O)NCCc2ccc(O)cc2)cc2ccccc21. The van der Waals surface area contributed by atoms with Crippen molar-refractivity contribution in [3.05, 3.63) is 65.9 Å². The molecule has 2 N–H and O–H groups in total. The van der Waals surface area contributed by atoms with E-state index in [2.05, 4.69) is 5.32 Å². The standard InChI is InChI=1S/C18H18N2O3/c1-23-20-16-5-3-2-4-14(16)12-17(20)18(22)19-11-10-13-6-8-15(21)9-7-13/h2-9,12,21H,10-11H2,1H3,(H,19,22). The molecule has 5 nitrogen and oxygen atoms in total. The van der Waals surface area contributed by atoms with E-state index in [-0.39, 0.29) is 11.7 Å². The number of carbonyl (C=O) groups excluding carboxylic acids is 1. The number of phenols is 1. The molecule has 0 fully saturated rings. The Kier molecular flexibility index (Phi) is 4.19. The quantitative estimate of drug-likeness (QED) is 0.760. The third-order valence-corrected chi connectivity index (χ3v) is 3.72. The highest BCUT2D eigenvalue weighted by Crippen LogP contribution is 2.18. The fourth-order valence-corrected chi connectivity index (χ4v) is 2.56. The third-order valence-electron chi connectivity index (χ3n) is 3.72. The monoisotopic (exact) mass is 310 g/mol. The first-order valence-corrected chi connectivity index (χ1v) is 7.40. The fraction of sp³-hybridized carbons (Fsp3) is 0.167. The van der Waals surface area contributed by atoms with Gasteiger partial charge in [-0.3, -0.25) is 4.79 Å². The van der Waals surface area contributed by atoms with E-state index in [1.54, 1.807) is 19.2 Å². The summed E-state index contributed by atoms with van der Waals surface area (Å²) in [4.78, 5) is 17.7. The number of hydrogen-bond donors (Lipinski definition) is 2. The molecule has 3 rings (SSSR count). The number of nitrogens with zero attached hydrogens (tertiary/aromatic N) is 1. The van der Waals surface area contributed by atoms with Gasteiger partial charge >= 0.3 is 0 Å². The van der Waals surface area contributed by atoms with Gasteiger partial charge in [-0.05, 0) is 36.2 Å². The molecule has 0 aliphatic carbocycles. The van der Waals surface area contributed by atoms with Crippen LogP contribution in [-0.4, -0.2) is 29.4 Å². The number of rotatable bonds is 5. The molecule has 5 heteroatoms. The first-order valence-electron chi connectivity index (χ1n) is 7.40. The normalized spacial score (nSPS) is 10.7. The molecule has 0 saturated heterocycles. The Morgan fingerprint density at radius 2 is 1.91 bits per heavy atom. The number of fused-ring (bicyclic) bond motifs is 1. The van der Waals surface area contributed by atoms with Gasteiger partial charge in [0.1, 0.15) is 18.6 Å². The van der Waals surface area contributed by atoms with Crippen molar-refractivity contribution in [2.75, 3.05) is 13.7 Å². The van der Waals surface area contributed by atoms with Crippen molar-refractivity contribution in [3.8, 4) is 5.75 Å². The Bertz CT molecular complexity index is 822. The van der Waals surface area contributed by atoms with Gasteiger partial charge in [0.2, 0.25) is 0 Å². The Labute approximate surface area is 134 Å². The first kappa shape index (κ1) is 15.0. The zero-order valence-corrected chi connectivity index (χ0v) is 12.8. The summed E-state index contributed by atoms with van der Waals surface area (Å²) in [5.41, 5.74) is 2.38. The molecule has 1 heterocycles. The molecule has 0 aliphatic heterocycles. The van der Waals surface area contributed by atoms with E-state index in [0.717, 1.165) is 16.5 Å². The Hall–Kier alpha value is -2.95. The van der Waals surface area contributed by atoms with Crippen molar-refractivity contribution in [3.63, 3.8) is 0 Å². The van der Waals surface area contributed by atoms with E-state index in [0.29, 0.717) is 18.7 Å². The zero-order chi connectivity index (χ0) is 16.2. The number of nitrogens with one attached hydrogen (secondary N) is 1. The second-order valence-electron chi connectivity index (χ2n) is 5.24. The molecule has 0 unspecified atom stereocenters. The van der Waals surface area contributed by atoms with E-state index in [9.17, 15) is 9.90 Å². The number of hydrogen-bond acceptors (Lipinski definition) is 3. The van der Waals surface area contributed by atoms with Crippen LogP contribution in [0.15, 0.2) is 54.6 Å². The van der Waals surface area contributed by atoms with Crippen LogP contribution >= 0.6 is 0 Å². The van der Waals surface area contributed by atoms with Crippen molar-refractivity contribution < 1.29 is 14.7 Å². The average Bonchev–Trinajstić information content (AvgIpc) is 2.95. The summed E-state index contributed by atoms with van der Waals surface area (Å²) in [6.07, 6.45) is 0.694. The summed E-state index contributed by atoms with van der Waals surface area (Å²) in [5.74, 6) is 0.0595. The van der Waals surface area contributed by atoms with Crippen molar-refractivity contribution >= 4 is 16.8 Å². The second kappa shape index (κ2) is 6.44. The summed E-state index contributed by atoms with van der Waals surface area (Å²) in [6, 6.07) is 16.5. The maximum atomic E-state index is 12.4. The predicted molar refractivity (Wildman–Crippen MR) is 88.6 cm³/mol. The smallest absolute Gasteiger partial charge is 0.271 e. The van der Waals surface area contributed by atoms with Gasteiger partial charge in [-0.25, -0.2) is 0 Å². The summed E-state index contributed by atoms with van der Waals surface area (Å²) in [7, 11) is 1.54. The van der Waals surface area contributed by atoms with Gasteiger partial charge < -0.3 is 15.3 Å². The minimum absolute atomic E-state index is 0.179. The van der Waals surface area contributed by atoms with E-state index < -0.39 is 0 Å². The number of benzene rings is 2. The van der Waals surface area contributed by atoms with Gasteiger partial charge in [-0.1, -0.05) is 30.3 Å². The minimum atomic E-state index is -0.179. The van der Waals surface area contributed by atoms with Crippen molar-refractivity contribution in [1.82, 2.24) is 10.0 Å². The largest absolute Gasteiger partial charge is 0.508 e. The number of phenolic OH excluding ortho intramolecular Hbond substituents is 1. The molecule has 0 spiro atoms. The van der Waals surface area contributed by atoms with Gasteiger partial charge in [0.25, 0.3) is 5.91 Å². The Morgan fingerprint density at radius 1 is 1.17 bits per heavy atom. The molecule has 0 saturated carbocycles. The van der Waals surface area contributed by atoms with Gasteiger partial charge in [0, 0.05) is 11.9 Å². The summed E-state index contributed by atoms with van der Waals surface area (Å²) >= 11 is 0. The molecule has 118 valence electrons. The molecule has 0 radical (unpaired) electrons. The van der Waals surface area contributed by atoms with Crippen molar-refractivity contribution in [2.24, 2.45) is 0 Å². The summed E-state index contributed by atoms with van der Waals surface area (Å²) < 4.78 is 1.53. The van der Waals surface area contributed by atoms with E-state index in [4.69, 9.17) is 4.84 Å². The van der Waals surface area contributed by atoms with E-state index in [1.807, 2.05) is 42.5 Å². The van der Waals surface area contributed by atoms with Crippen molar-refractivity contribution in [1.29, 1.82) is 0 Å². The molecular weight excluding hydrogens is 292 g/mol. The van der Waals surface area contributed by atoms with Crippen LogP contribution in [0.25, 0.3) is 10.9 Å². The van der Waals surface area contributed by atoms with Gasteiger partial charge in [-0.2, -0.15) is 4.73 Å². The topological polar surface area (TPSA) is 63.5 Å². The van der Waals surface area contributed by atoms with Crippen LogP contribution in [0.3, 0.4) is 0 Å². The van der Waals surface area contributed by atoms with Crippen LogP contribution in [-0.2, 0) is 6.42 Å². The number of carbonyl (C=O) groups is 1. The zero-order valence-electron chi connectivity index (χ0n) is 12.8. The highest BCUT2D eigenvalue weighted by molar-refractivity contribution is 5.98. The summed E-state index contributed by atoms with van der Waals surface area (Å²) in [5, 5.41) is 13.1. The van der Waals surface area contributed by atoms with Gasteiger partial charge in [0.05, 0.1) is 5.52 Å². The lowest BCUT2D eigenvalue weighted by atomic mass is 10.1. The van der Waals surface area contributed by atoms with Crippen LogP contribution in [0.5, 0.6) is 5.75 Å². The van der Waals surface area contributed by atoms with Gasteiger partial charge in [0.15, 0.2) is 0 Å². The lowest BCUT2D eigenvalue weighted by molar-refractivity contribution is 0.0904. The molecule has 0 bridgehead atoms. The molecular formula is C18H18N2O3. The van der Waals surface area contributed by atoms with Crippen LogP contribution in [0, 0.1) is 0 Å². The third kappa shape index (κ3) is 3.13. The lowest BCUT2D eigenvalue weighted by Gasteiger charge is -2.09. The molecule has 0 aliphatic rings. The molecule has 1 amide bonds. The molecule has 3 aromatic rings. The average molecular weight is 310 g/mol. The molecule has 0 atom stereocenters. The summed E-state index contributed by atoms with van der Waals surface area (Å²) in [6.45, 7) is 0.509. The second-order valence-corrected chi connectivity index (χ2v) is 5.24. The van der Waals surface area contributed by atoms with E-state index >= 15 is 0 Å². The van der Waals surface area contributed by atoms with Crippen LogP contribution in [0.2, 0.25) is 0 Å². The lowest BCUT2D eigenvalue weighted by Crippen LogP contribution is -2.28. The first-order chi connectivity index (χ1) is 11.2. The number of amides is 1. The maximum absolute atomic E-state index is 12.4. The van der Waals surface area contributed by atoms with E-state index in [1.165, 1.54) is 4.73 Å². The Balaban J connectivity index is 1.69. The van der Waals surface area contributed by atoms with Crippen molar-refractivity contribution in [2.45, 2.75) is 6.42 Å². The highest BCUT2D eigenvalue weighted by atomic mass is 16.6. The molecule has 23 heavy (non-hydrogen) atoms.